The highest BCUT2D eigenvalue weighted by Gasteiger charge is 2.50. The minimum absolute atomic E-state index is 0.0380. The Morgan fingerprint density at radius 2 is 2.00 bits per heavy atom. The smallest absolute Gasteiger partial charge is 0.231 e. The third kappa shape index (κ3) is 1.84. The Hall–Kier alpha value is -0.910. The van der Waals surface area contributed by atoms with Gasteiger partial charge in [-0.2, -0.15) is 0 Å². The highest BCUT2D eigenvalue weighted by Crippen LogP contribution is 2.43. The second kappa shape index (κ2) is 4.55. The fourth-order valence-corrected chi connectivity index (χ4v) is 4.53. The quantitative estimate of drug-likeness (QED) is 0.651. The topological polar surface area (TPSA) is 64.0 Å². The van der Waals surface area contributed by atoms with Gasteiger partial charge in [-0.15, -0.1) is 0 Å². The van der Waals surface area contributed by atoms with Crippen molar-refractivity contribution in [1.82, 2.24) is 9.80 Å². The first kappa shape index (κ1) is 12.8. The lowest BCUT2D eigenvalue weighted by Crippen LogP contribution is -2.62. The Bertz CT molecular complexity index is 464. The zero-order valence-corrected chi connectivity index (χ0v) is 11.6. The van der Waals surface area contributed by atoms with E-state index >= 15 is 0 Å². The van der Waals surface area contributed by atoms with Crippen molar-refractivity contribution in [3.63, 3.8) is 0 Å². The van der Waals surface area contributed by atoms with Crippen molar-refractivity contribution in [1.29, 1.82) is 0 Å². The van der Waals surface area contributed by atoms with E-state index in [1.54, 1.807) is 0 Å². The van der Waals surface area contributed by atoms with E-state index in [-0.39, 0.29) is 24.0 Å². The van der Waals surface area contributed by atoms with Crippen molar-refractivity contribution < 1.29 is 15.0 Å². The molecule has 0 aliphatic carbocycles. The maximum Gasteiger partial charge on any atom is 0.231 e. The minimum atomic E-state index is -0.397. The number of piperidine rings is 3. The SMILES string of the molecule is O=C1[C@@H]2C[C@@H](CN3CC[C@H](O)C[C@@H]23)C2=C[C@H](O)CCN12. The Morgan fingerprint density at radius 3 is 2.85 bits per heavy atom. The second-order valence-corrected chi connectivity index (χ2v) is 6.72. The first-order valence-corrected chi connectivity index (χ1v) is 7.77. The van der Waals surface area contributed by atoms with Gasteiger partial charge in [-0.1, -0.05) is 0 Å². The molecule has 20 heavy (non-hydrogen) atoms. The van der Waals surface area contributed by atoms with Gasteiger partial charge in [0.1, 0.15) is 0 Å². The average molecular weight is 278 g/mol. The number of amides is 1. The van der Waals surface area contributed by atoms with Gasteiger partial charge in [-0.3, -0.25) is 9.69 Å². The molecule has 2 bridgehead atoms. The van der Waals surface area contributed by atoms with Crippen LogP contribution in [0.1, 0.15) is 25.7 Å². The maximum absolute atomic E-state index is 12.7. The van der Waals surface area contributed by atoms with Gasteiger partial charge in [-0.05, 0) is 31.8 Å². The molecule has 0 aromatic carbocycles. The van der Waals surface area contributed by atoms with Gasteiger partial charge in [-0.25, -0.2) is 0 Å². The lowest BCUT2D eigenvalue weighted by atomic mass is 9.73. The van der Waals surface area contributed by atoms with Crippen LogP contribution in [0, 0.1) is 11.8 Å². The average Bonchev–Trinajstić information content (AvgIpc) is 2.44. The van der Waals surface area contributed by atoms with Crippen molar-refractivity contribution in [2.45, 2.75) is 43.9 Å². The van der Waals surface area contributed by atoms with E-state index in [1.165, 1.54) is 0 Å². The summed E-state index contributed by atoms with van der Waals surface area (Å²) < 4.78 is 0. The standard InChI is InChI=1S/C15H22N2O3/c18-10-1-3-16-8-9-5-12(14(16)7-10)15(20)17-4-2-11(19)6-13(9)17/h6,9-12,14,18-19H,1-5,7-8H2/t9-,10-,11+,12+,14-/m0/s1. The fourth-order valence-electron chi connectivity index (χ4n) is 4.53. The largest absolute Gasteiger partial charge is 0.393 e. The molecule has 4 rings (SSSR count). The molecule has 110 valence electrons. The lowest BCUT2D eigenvalue weighted by molar-refractivity contribution is -0.147. The molecule has 0 aromatic rings. The van der Waals surface area contributed by atoms with Crippen molar-refractivity contribution >= 4 is 5.91 Å². The number of hydrogen-bond acceptors (Lipinski definition) is 4. The second-order valence-electron chi connectivity index (χ2n) is 6.72. The molecule has 5 heteroatoms. The third-order valence-electron chi connectivity index (χ3n) is 5.51. The molecule has 0 saturated carbocycles. The molecule has 4 heterocycles. The number of rotatable bonds is 0. The van der Waals surface area contributed by atoms with Gasteiger partial charge in [0.25, 0.3) is 0 Å². The molecule has 4 aliphatic heterocycles. The minimum Gasteiger partial charge on any atom is -0.393 e. The summed E-state index contributed by atoms with van der Waals surface area (Å²) in [6.45, 7) is 2.51. The zero-order valence-electron chi connectivity index (χ0n) is 11.6. The Labute approximate surface area is 118 Å². The summed E-state index contributed by atoms with van der Waals surface area (Å²) in [4.78, 5) is 17.0. The molecular formula is C15H22N2O3. The summed E-state index contributed by atoms with van der Waals surface area (Å²) in [5.41, 5.74) is 1.05. The molecule has 0 spiro atoms. The summed E-state index contributed by atoms with van der Waals surface area (Å²) in [6, 6.07) is 0.218. The molecule has 3 fully saturated rings. The monoisotopic (exact) mass is 278 g/mol. The summed E-state index contributed by atoms with van der Waals surface area (Å²) in [6.07, 6.45) is 4.33. The van der Waals surface area contributed by atoms with Crippen LogP contribution in [0.15, 0.2) is 11.8 Å². The molecular weight excluding hydrogens is 256 g/mol. The Morgan fingerprint density at radius 1 is 1.15 bits per heavy atom. The zero-order chi connectivity index (χ0) is 13.9. The van der Waals surface area contributed by atoms with Crippen LogP contribution in [-0.2, 0) is 4.79 Å². The predicted molar refractivity (Wildman–Crippen MR) is 72.6 cm³/mol. The molecule has 0 aromatic heterocycles. The highest BCUT2D eigenvalue weighted by molar-refractivity contribution is 5.83. The van der Waals surface area contributed by atoms with E-state index in [9.17, 15) is 15.0 Å². The lowest BCUT2D eigenvalue weighted by Gasteiger charge is -2.54. The van der Waals surface area contributed by atoms with Crippen LogP contribution in [0.5, 0.6) is 0 Å². The van der Waals surface area contributed by atoms with Crippen LogP contribution < -0.4 is 0 Å². The normalized spacial score (nSPS) is 44.7. The van der Waals surface area contributed by atoms with Crippen molar-refractivity contribution in [2.75, 3.05) is 19.6 Å². The summed E-state index contributed by atoms with van der Waals surface area (Å²) in [5, 5.41) is 19.7. The first-order chi connectivity index (χ1) is 9.63. The number of fused-ring (bicyclic) bond motifs is 6. The Balaban J connectivity index is 1.66. The van der Waals surface area contributed by atoms with E-state index in [0.717, 1.165) is 38.0 Å². The number of carbonyl (C=O) groups is 1. The predicted octanol–water partition coefficient (Wildman–Crippen LogP) is -0.0615. The third-order valence-corrected chi connectivity index (χ3v) is 5.51. The molecule has 5 nitrogen and oxygen atoms in total. The molecule has 1 amide bonds. The number of aliphatic hydroxyl groups excluding tert-OH is 2. The van der Waals surface area contributed by atoms with Crippen molar-refractivity contribution in [3.05, 3.63) is 11.8 Å². The van der Waals surface area contributed by atoms with Gasteiger partial charge in [0.15, 0.2) is 0 Å². The van der Waals surface area contributed by atoms with Crippen molar-refractivity contribution in [3.8, 4) is 0 Å². The van der Waals surface area contributed by atoms with Crippen LogP contribution in [-0.4, -0.2) is 63.8 Å². The first-order valence-electron chi connectivity index (χ1n) is 7.77. The van der Waals surface area contributed by atoms with E-state index in [1.807, 2.05) is 11.0 Å². The van der Waals surface area contributed by atoms with Gasteiger partial charge in [0.05, 0.1) is 18.1 Å². The van der Waals surface area contributed by atoms with Crippen LogP contribution in [0.4, 0.5) is 0 Å². The molecule has 0 radical (unpaired) electrons. The molecule has 0 unspecified atom stereocenters. The summed E-state index contributed by atoms with van der Waals surface area (Å²) >= 11 is 0. The summed E-state index contributed by atoms with van der Waals surface area (Å²) in [7, 11) is 0. The van der Waals surface area contributed by atoms with Gasteiger partial charge < -0.3 is 15.1 Å². The van der Waals surface area contributed by atoms with Crippen LogP contribution in [0.2, 0.25) is 0 Å². The van der Waals surface area contributed by atoms with Gasteiger partial charge in [0.2, 0.25) is 5.91 Å². The van der Waals surface area contributed by atoms with Crippen LogP contribution >= 0.6 is 0 Å². The van der Waals surface area contributed by atoms with Gasteiger partial charge in [0, 0.05) is 37.3 Å². The Kier molecular flexibility index (Phi) is 2.91. The van der Waals surface area contributed by atoms with Crippen LogP contribution in [0.25, 0.3) is 0 Å². The molecule has 5 atom stereocenters. The van der Waals surface area contributed by atoms with E-state index < -0.39 is 6.10 Å². The fraction of sp³-hybridized carbons (Fsp3) is 0.800. The number of hydrogen-bond donors (Lipinski definition) is 2. The molecule has 4 aliphatic rings. The maximum atomic E-state index is 12.7. The van der Waals surface area contributed by atoms with E-state index in [4.69, 9.17) is 0 Å². The highest BCUT2D eigenvalue weighted by atomic mass is 16.3. The number of nitrogens with zero attached hydrogens (tertiary/aromatic N) is 2. The molecule has 3 saturated heterocycles. The van der Waals surface area contributed by atoms with E-state index in [2.05, 4.69) is 4.90 Å². The number of aliphatic hydroxyl groups is 2. The summed E-state index contributed by atoms with van der Waals surface area (Å²) in [5.74, 6) is 0.624. The number of carbonyl (C=O) groups excluding carboxylic acids is 1. The van der Waals surface area contributed by atoms with Crippen molar-refractivity contribution in [2.24, 2.45) is 11.8 Å². The van der Waals surface area contributed by atoms with Gasteiger partial charge >= 0.3 is 0 Å². The van der Waals surface area contributed by atoms with E-state index in [0.29, 0.717) is 18.9 Å². The van der Waals surface area contributed by atoms with Crippen LogP contribution in [0.3, 0.4) is 0 Å². The molecule has 2 N–H and O–H groups in total.